The van der Waals surface area contributed by atoms with E-state index in [1.807, 2.05) is 0 Å². The highest BCUT2D eigenvalue weighted by atomic mass is 16.1. The summed E-state index contributed by atoms with van der Waals surface area (Å²) in [5.41, 5.74) is 0.396. The molecule has 0 spiro atoms. The highest BCUT2D eigenvalue weighted by molar-refractivity contribution is 5.84. The number of rotatable bonds is 0. The molecule has 0 aromatic heterocycles. The van der Waals surface area contributed by atoms with Gasteiger partial charge in [-0.25, -0.2) is 0 Å². The van der Waals surface area contributed by atoms with Gasteiger partial charge in [0.1, 0.15) is 5.78 Å². The average Bonchev–Trinajstić information content (AvgIpc) is 2.24. The maximum Gasteiger partial charge on any atom is 0.136 e. The van der Waals surface area contributed by atoms with Crippen LogP contribution in [0, 0.1) is 11.3 Å². The van der Waals surface area contributed by atoms with Gasteiger partial charge in [0.15, 0.2) is 0 Å². The number of carbonyl (C=O) groups is 1. The molecule has 0 saturated heterocycles. The molecular weight excluding hydrogens is 148 g/mol. The summed E-state index contributed by atoms with van der Waals surface area (Å²) in [6, 6.07) is 0. The first kappa shape index (κ1) is 8.28. The molecule has 0 aliphatic heterocycles. The second-order valence-electron chi connectivity index (χ2n) is 4.77. The van der Waals surface area contributed by atoms with Gasteiger partial charge in [0, 0.05) is 12.3 Å². The van der Waals surface area contributed by atoms with Crippen LogP contribution < -0.4 is 0 Å². The van der Waals surface area contributed by atoms with Gasteiger partial charge < -0.3 is 0 Å². The lowest BCUT2D eigenvalue weighted by Crippen LogP contribution is -2.23. The first-order valence-electron chi connectivity index (χ1n) is 5.25. The van der Waals surface area contributed by atoms with E-state index in [9.17, 15) is 4.79 Å². The molecule has 2 saturated carbocycles. The maximum atomic E-state index is 11.6. The Morgan fingerprint density at radius 1 is 1.25 bits per heavy atom. The monoisotopic (exact) mass is 166 g/mol. The molecular formula is C11H18O. The van der Waals surface area contributed by atoms with E-state index in [2.05, 4.69) is 6.92 Å². The van der Waals surface area contributed by atoms with Gasteiger partial charge in [-0.05, 0) is 24.7 Å². The summed E-state index contributed by atoms with van der Waals surface area (Å²) in [6.45, 7) is 2.33. The quantitative estimate of drug-likeness (QED) is 0.540. The molecule has 2 rings (SSSR count). The molecule has 1 nitrogen and oxygen atoms in total. The largest absolute Gasteiger partial charge is 0.299 e. The van der Waals surface area contributed by atoms with Crippen molar-refractivity contribution in [1.29, 1.82) is 0 Å². The predicted octanol–water partition coefficient (Wildman–Crippen LogP) is 2.94. The lowest BCUT2D eigenvalue weighted by molar-refractivity contribution is -0.122. The van der Waals surface area contributed by atoms with Crippen molar-refractivity contribution in [3.63, 3.8) is 0 Å². The molecule has 12 heavy (non-hydrogen) atoms. The molecule has 0 amide bonds. The minimum Gasteiger partial charge on any atom is -0.299 e. The van der Waals surface area contributed by atoms with Crippen LogP contribution in [0.5, 0.6) is 0 Å². The van der Waals surface area contributed by atoms with Crippen LogP contribution >= 0.6 is 0 Å². The molecule has 1 heteroatoms. The van der Waals surface area contributed by atoms with Gasteiger partial charge in [0.2, 0.25) is 0 Å². The average molecular weight is 166 g/mol. The van der Waals surface area contributed by atoms with Crippen molar-refractivity contribution in [2.75, 3.05) is 0 Å². The van der Waals surface area contributed by atoms with E-state index >= 15 is 0 Å². The number of ketones is 1. The Kier molecular flexibility index (Phi) is 1.97. The van der Waals surface area contributed by atoms with Gasteiger partial charge in [-0.3, -0.25) is 4.79 Å². The third-order valence-electron chi connectivity index (χ3n) is 3.91. The third-order valence-corrected chi connectivity index (χ3v) is 3.91. The Balaban J connectivity index is 2.19. The molecule has 2 aliphatic carbocycles. The lowest BCUT2D eigenvalue weighted by atomic mass is 9.76. The SMILES string of the molecule is CC12CCCCCC1C(=O)CC2. The van der Waals surface area contributed by atoms with Crippen molar-refractivity contribution in [2.45, 2.75) is 51.9 Å². The Morgan fingerprint density at radius 2 is 2.08 bits per heavy atom. The third kappa shape index (κ3) is 1.19. The summed E-state index contributed by atoms with van der Waals surface area (Å²) in [5, 5.41) is 0. The van der Waals surface area contributed by atoms with Crippen molar-refractivity contribution in [3.05, 3.63) is 0 Å². The topological polar surface area (TPSA) is 17.1 Å². The van der Waals surface area contributed by atoms with E-state index in [1.54, 1.807) is 0 Å². The number of carbonyl (C=O) groups excluding carboxylic acids is 1. The smallest absolute Gasteiger partial charge is 0.136 e. The summed E-state index contributed by atoms with van der Waals surface area (Å²) in [7, 11) is 0. The number of Topliss-reactive ketones (excluding diaryl/α,β-unsaturated/α-hetero) is 1. The molecule has 0 radical (unpaired) electrons. The van der Waals surface area contributed by atoms with Gasteiger partial charge >= 0.3 is 0 Å². The van der Waals surface area contributed by atoms with Crippen molar-refractivity contribution in [3.8, 4) is 0 Å². The van der Waals surface area contributed by atoms with Crippen molar-refractivity contribution in [1.82, 2.24) is 0 Å². The van der Waals surface area contributed by atoms with E-state index in [1.165, 1.54) is 32.1 Å². The van der Waals surface area contributed by atoms with E-state index < -0.39 is 0 Å². The molecule has 0 N–H and O–H groups in total. The second-order valence-corrected chi connectivity index (χ2v) is 4.77. The Hall–Kier alpha value is -0.330. The Labute approximate surface area is 74.5 Å². The second kappa shape index (κ2) is 2.86. The zero-order valence-electron chi connectivity index (χ0n) is 7.94. The van der Waals surface area contributed by atoms with Gasteiger partial charge in [-0.15, -0.1) is 0 Å². The summed E-state index contributed by atoms with van der Waals surface area (Å²) in [5.74, 6) is 0.986. The van der Waals surface area contributed by atoms with Crippen molar-refractivity contribution in [2.24, 2.45) is 11.3 Å². The molecule has 0 heterocycles. The van der Waals surface area contributed by atoms with Crippen LogP contribution in [0.1, 0.15) is 51.9 Å². The highest BCUT2D eigenvalue weighted by Crippen LogP contribution is 2.48. The fraction of sp³-hybridized carbons (Fsp3) is 0.909. The lowest BCUT2D eigenvalue weighted by Gasteiger charge is -2.27. The van der Waals surface area contributed by atoms with E-state index in [0.29, 0.717) is 17.1 Å². The van der Waals surface area contributed by atoms with Gasteiger partial charge in [-0.1, -0.05) is 26.2 Å². The van der Waals surface area contributed by atoms with Crippen LogP contribution in [-0.4, -0.2) is 5.78 Å². The molecule has 0 aromatic rings. The number of hydrogen-bond donors (Lipinski definition) is 0. The predicted molar refractivity (Wildman–Crippen MR) is 48.9 cm³/mol. The minimum atomic E-state index is 0.396. The van der Waals surface area contributed by atoms with Crippen LogP contribution in [0.3, 0.4) is 0 Å². The molecule has 68 valence electrons. The molecule has 2 atom stereocenters. The van der Waals surface area contributed by atoms with E-state index in [4.69, 9.17) is 0 Å². The van der Waals surface area contributed by atoms with Crippen molar-refractivity contribution < 1.29 is 4.79 Å². The zero-order chi connectivity index (χ0) is 8.60. The van der Waals surface area contributed by atoms with Crippen LogP contribution in [0.15, 0.2) is 0 Å². The van der Waals surface area contributed by atoms with Crippen LogP contribution in [-0.2, 0) is 4.79 Å². The van der Waals surface area contributed by atoms with Crippen LogP contribution in [0.2, 0.25) is 0 Å². The van der Waals surface area contributed by atoms with Gasteiger partial charge in [0.05, 0.1) is 0 Å². The van der Waals surface area contributed by atoms with Gasteiger partial charge in [0.25, 0.3) is 0 Å². The van der Waals surface area contributed by atoms with Crippen LogP contribution in [0.4, 0.5) is 0 Å². The molecule has 2 fully saturated rings. The molecule has 0 bridgehead atoms. The minimum absolute atomic E-state index is 0.396. The summed E-state index contributed by atoms with van der Waals surface area (Å²) >= 11 is 0. The first-order chi connectivity index (χ1) is 5.72. The van der Waals surface area contributed by atoms with Crippen molar-refractivity contribution >= 4 is 5.78 Å². The molecule has 0 aromatic carbocycles. The number of hydrogen-bond acceptors (Lipinski definition) is 1. The summed E-state index contributed by atoms with van der Waals surface area (Å²) < 4.78 is 0. The van der Waals surface area contributed by atoms with E-state index in [-0.39, 0.29) is 0 Å². The van der Waals surface area contributed by atoms with Gasteiger partial charge in [-0.2, -0.15) is 0 Å². The van der Waals surface area contributed by atoms with Crippen LogP contribution in [0.25, 0.3) is 0 Å². The molecule has 2 unspecified atom stereocenters. The standard InChI is InChI=1S/C11H18O/c1-11-7-4-2-3-5-9(11)10(12)6-8-11/h9H,2-8H2,1H3. The first-order valence-corrected chi connectivity index (χ1v) is 5.25. The fourth-order valence-electron chi connectivity index (χ4n) is 3.01. The zero-order valence-corrected chi connectivity index (χ0v) is 7.94. The maximum absolute atomic E-state index is 11.6. The summed E-state index contributed by atoms with van der Waals surface area (Å²) in [6.07, 6.45) is 8.47. The Bertz CT molecular complexity index is 197. The Morgan fingerprint density at radius 3 is 2.92 bits per heavy atom. The summed E-state index contributed by atoms with van der Waals surface area (Å²) in [4.78, 5) is 11.6. The normalized spacial score (nSPS) is 42.4. The highest BCUT2D eigenvalue weighted by Gasteiger charge is 2.44. The van der Waals surface area contributed by atoms with E-state index in [0.717, 1.165) is 12.8 Å². The molecule has 2 aliphatic rings. The fourth-order valence-corrected chi connectivity index (χ4v) is 3.01. The number of fused-ring (bicyclic) bond motifs is 1.